The number of β-amino-alcohol motifs (C(OH)–C–C–N with tert-alkyl or cyclic N) is 1. The predicted molar refractivity (Wildman–Crippen MR) is 110 cm³/mol. The Kier molecular flexibility index (Phi) is 7.14. The number of hydrogen-bond acceptors (Lipinski definition) is 7. The number of hydrogen-bond donors (Lipinski definition) is 2. The minimum atomic E-state index is -0.691. The Morgan fingerprint density at radius 3 is 2.67 bits per heavy atom. The summed E-state index contributed by atoms with van der Waals surface area (Å²) < 4.78 is 5.31. The predicted octanol–water partition coefficient (Wildman–Crippen LogP) is 2.42. The van der Waals surface area contributed by atoms with E-state index < -0.39 is 6.23 Å². The molecule has 6 nitrogen and oxygen atoms in total. The monoisotopic (exact) mass is 395 g/mol. The molecular weight excluding hydrogens is 362 g/mol. The van der Waals surface area contributed by atoms with Gasteiger partial charge in [0.05, 0.1) is 12.2 Å². The Hall–Kier alpha value is -1.15. The maximum Gasteiger partial charge on any atom is 0.341 e. The highest BCUT2D eigenvalue weighted by atomic mass is 32.1. The number of aliphatic hydroxyl groups excluding tert-OH is 1. The molecule has 27 heavy (non-hydrogen) atoms. The molecule has 7 heteroatoms. The third-order valence-corrected chi connectivity index (χ3v) is 6.82. The largest absolute Gasteiger partial charge is 0.462 e. The van der Waals surface area contributed by atoms with Crippen molar-refractivity contribution in [3.8, 4) is 0 Å². The van der Waals surface area contributed by atoms with Gasteiger partial charge in [0.15, 0.2) is 0 Å². The molecule has 0 bridgehead atoms. The van der Waals surface area contributed by atoms with Crippen LogP contribution < -0.4 is 5.32 Å². The highest BCUT2D eigenvalue weighted by Gasteiger charge is 2.29. The van der Waals surface area contributed by atoms with E-state index in [0.717, 1.165) is 62.6 Å². The van der Waals surface area contributed by atoms with Crippen LogP contribution in [0.5, 0.6) is 0 Å². The molecule has 1 aliphatic carbocycles. The van der Waals surface area contributed by atoms with Crippen molar-refractivity contribution in [3.63, 3.8) is 0 Å². The Labute approximate surface area is 166 Å². The Bertz CT molecular complexity index is 641. The van der Waals surface area contributed by atoms with Crippen molar-refractivity contribution >= 4 is 22.3 Å². The maximum atomic E-state index is 12.6. The first-order valence-corrected chi connectivity index (χ1v) is 11.0. The zero-order valence-corrected chi connectivity index (χ0v) is 17.6. The molecule has 3 rings (SSSR count). The van der Waals surface area contributed by atoms with Gasteiger partial charge in [-0.15, -0.1) is 11.3 Å². The number of thiophene rings is 1. The number of anilines is 1. The molecule has 0 aromatic carbocycles. The lowest BCUT2D eigenvalue weighted by Crippen LogP contribution is -2.49. The fourth-order valence-electron chi connectivity index (χ4n) is 4.00. The van der Waals surface area contributed by atoms with Gasteiger partial charge in [-0.1, -0.05) is 13.8 Å². The molecule has 0 radical (unpaired) electrons. The molecule has 1 aliphatic heterocycles. The molecule has 2 N–H and O–H groups in total. The van der Waals surface area contributed by atoms with Crippen LogP contribution in [0, 0.1) is 5.92 Å². The van der Waals surface area contributed by atoms with Crippen molar-refractivity contribution in [2.24, 2.45) is 5.92 Å². The highest BCUT2D eigenvalue weighted by Crippen LogP contribution is 2.40. The van der Waals surface area contributed by atoms with E-state index in [1.807, 2.05) is 6.92 Å². The zero-order valence-electron chi connectivity index (χ0n) is 16.8. The van der Waals surface area contributed by atoms with Crippen LogP contribution in [0.3, 0.4) is 0 Å². The van der Waals surface area contributed by atoms with Crippen LogP contribution >= 0.6 is 11.3 Å². The summed E-state index contributed by atoms with van der Waals surface area (Å²) in [6, 6.07) is 0. The van der Waals surface area contributed by atoms with Gasteiger partial charge in [-0.05, 0) is 44.2 Å². The second-order valence-electron chi connectivity index (χ2n) is 7.67. The quantitative estimate of drug-likeness (QED) is 0.546. The van der Waals surface area contributed by atoms with E-state index in [1.54, 1.807) is 11.3 Å². The fourth-order valence-corrected chi connectivity index (χ4v) is 5.45. The van der Waals surface area contributed by atoms with Crippen LogP contribution in [0.4, 0.5) is 5.00 Å². The number of esters is 1. The summed E-state index contributed by atoms with van der Waals surface area (Å²) in [4.78, 5) is 18.5. The number of piperazine rings is 1. The van der Waals surface area contributed by atoms with Gasteiger partial charge < -0.3 is 20.1 Å². The van der Waals surface area contributed by atoms with Crippen molar-refractivity contribution in [2.75, 3.05) is 51.2 Å². The number of ether oxygens (including phenoxy) is 1. The molecule has 2 heterocycles. The van der Waals surface area contributed by atoms with Crippen LogP contribution in [0.25, 0.3) is 0 Å². The van der Waals surface area contributed by atoms with Crippen molar-refractivity contribution in [3.05, 3.63) is 16.0 Å². The third-order valence-electron chi connectivity index (χ3n) is 5.63. The van der Waals surface area contributed by atoms with E-state index in [4.69, 9.17) is 4.74 Å². The first-order valence-electron chi connectivity index (χ1n) is 10.2. The van der Waals surface area contributed by atoms with Gasteiger partial charge in [-0.3, -0.25) is 4.90 Å². The number of aliphatic hydroxyl groups is 1. The summed E-state index contributed by atoms with van der Waals surface area (Å²) >= 11 is 1.62. The maximum absolute atomic E-state index is 12.6. The van der Waals surface area contributed by atoms with E-state index >= 15 is 0 Å². The van der Waals surface area contributed by atoms with Crippen LogP contribution in [-0.2, 0) is 17.6 Å². The van der Waals surface area contributed by atoms with E-state index in [-0.39, 0.29) is 5.97 Å². The number of rotatable bonds is 7. The second kappa shape index (κ2) is 9.37. The Morgan fingerprint density at radius 2 is 2.00 bits per heavy atom. The van der Waals surface area contributed by atoms with Crippen molar-refractivity contribution in [2.45, 2.75) is 46.3 Å². The summed E-state index contributed by atoms with van der Waals surface area (Å²) in [5.41, 5.74) is 1.78. The molecule has 1 saturated heterocycles. The van der Waals surface area contributed by atoms with Crippen molar-refractivity contribution in [1.82, 2.24) is 9.80 Å². The second-order valence-corrected chi connectivity index (χ2v) is 8.78. The lowest BCUT2D eigenvalue weighted by Gasteiger charge is -2.35. The van der Waals surface area contributed by atoms with Crippen LogP contribution in [0.15, 0.2) is 0 Å². The summed E-state index contributed by atoms with van der Waals surface area (Å²) in [7, 11) is 0. The van der Waals surface area contributed by atoms with Gasteiger partial charge in [0.25, 0.3) is 0 Å². The number of carbonyl (C=O) groups excluding carboxylic acids is 1. The average Bonchev–Trinajstić information content (AvgIpc) is 2.99. The van der Waals surface area contributed by atoms with Crippen molar-refractivity contribution < 1.29 is 14.6 Å². The zero-order chi connectivity index (χ0) is 19.4. The molecule has 1 fully saturated rings. The van der Waals surface area contributed by atoms with E-state index in [9.17, 15) is 9.90 Å². The Balaban J connectivity index is 1.69. The molecule has 152 valence electrons. The van der Waals surface area contributed by atoms with Crippen LogP contribution in [0.2, 0.25) is 0 Å². The normalized spacial score (nSPS) is 22.3. The SMILES string of the molecule is CCOC(=O)c1c(NC(O)CN2CCN(CC)CC2)sc2c1CCC(C)C2. The Morgan fingerprint density at radius 1 is 1.30 bits per heavy atom. The molecule has 0 spiro atoms. The molecule has 2 unspecified atom stereocenters. The molecule has 1 aromatic rings. The van der Waals surface area contributed by atoms with E-state index in [1.165, 1.54) is 4.88 Å². The topological polar surface area (TPSA) is 65.0 Å². The lowest BCUT2D eigenvalue weighted by atomic mass is 9.88. The molecule has 1 aromatic heterocycles. The minimum absolute atomic E-state index is 0.268. The van der Waals surface area contributed by atoms with Crippen molar-refractivity contribution in [1.29, 1.82) is 0 Å². The number of nitrogens with zero attached hydrogens (tertiary/aromatic N) is 2. The first kappa shape index (κ1) is 20.6. The van der Waals surface area contributed by atoms with Crippen LogP contribution in [-0.4, -0.2) is 73.0 Å². The van der Waals surface area contributed by atoms with Gasteiger partial charge in [0, 0.05) is 37.6 Å². The average molecular weight is 396 g/mol. The van der Waals surface area contributed by atoms with Gasteiger partial charge in [-0.2, -0.15) is 0 Å². The van der Waals surface area contributed by atoms with Gasteiger partial charge in [0.1, 0.15) is 11.2 Å². The van der Waals surface area contributed by atoms with Gasteiger partial charge >= 0.3 is 5.97 Å². The molecule has 2 atom stereocenters. The molecule has 0 amide bonds. The van der Waals surface area contributed by atoms with E-state index in [2.05, 4.69) is 29.0 Å². The smallest absolute Gasteiger partial charge is 0.341 e. The summed E-state index contributed by atoms with van der Waals surface area (Å²) in [6.07, 6.45) is 2.32. The summed E-state index contributed by atoms with van der Waals surface area (Å²) in [5.74, 6) is 0.370. The lowest BCUT2D eigenvalue weighted by molar-refractivity contribution is 0.0526. The van der Waals surface area contributed by atoms with E-state index in [0.29, 0.717) is 24.6 Å². The molecule has 0 saturated carbocycles. The number of carbonyl (C=O) groups is 1. The highest BCUT2D eigenvalue weighted by molar-refractivity contribution is 7.16. The van der Waals surface area contributed by atoms with Crippen LogP contribution in [0.1, 0.15) is 48.0 Å². The summed E-state index contributed by atoms with van der Waals surface area (Å²) in [6.45, 7) is 12.3. The summed E-state index contributed by atoms with van der Waals surface area (Å²) in [5, 5.41) is 14.6. The van der Waals surface area contributed by atoms with Gasteiger partial charge in [0.2, 0.25) is 0 Å². The minimum Gasteiger partial charge on any atom is -0.462 e. The van der Waals surface area contributed by atoms with Gasteiger partial charge in [-0.25, -0.2) is 4.79 Å². The first-order chi connectivity index (χ1) is 13.0. The number of nitrogens with one attached hydrogen (secondary N) is 1. The standard InChI is InChI=1S/C20H33N3O3S/c1-4-22-8-10-23(11-9-22)13-17(24)21-19-18(20(25)26-5-2)15-7-6-14(3)12-16(15)27-19/h14,17,21,24H,4-13H2,1-3H3. The number of fused-ring (bicyclic) bond motifs is 1. The fraction of sp³-hybridized carbons (Fsp3) is 0.750. The third kappa shape index (κ3) is 5.02. The molecular formula is C20H33N3O3S. The number of likely N-dealkylation sites (N-methyl/N-ethyl adjacent to an activating group) is 1. The molecule has 2 aliphatic rings.